The van der Waals surface area contributed by atoms with Gasteiger partial charge in [-0.2, -0.15) is 0 Å². The molecular weight excluding hydrogens is 235 g/mol. The van der Waals surface area contributed by atoms with Crippen molar-refractivity contribution in [3.05, 3.63) is 35.9 Å². The second-order valence-corrected chi connectivity index (χ2v) is 4.00. The highest BCUT2D eigenvalue weighted by atomic mass is 35.5. The van der Waals surface area contributed by atoms with Crippen LogP contribution in [0.4, 0.5) is 0 Å². The molecule has 0 N–H and O–H groups in total. The lowest BCUT2D eigenvalue weighted by molar-refractivity contribution is -0.111. The van der Waals surface area contributed by atoms with Crippen molar-refractivity contribution < 1.29 is 9.53 Å². The molecule has 1 aromatic rings. The van der Waals surface area contributed by atoms with Crippen LogP contribution in [0.25, 0.3) is 0 Å². The lowest BCUT2D eigenvalue weighted by Crippen LogP contribution is -2.11. The van der Waals surface area contributed by atoms with Crippen molar-refractivity contribution in [2.75, 3.05) is 6.61 Å². The Bertz CT molecular complexity index is 301. The second-order valence-electron chi connectivity index (χ2n) is 3.10. The van der Waals surface area contributed by atoms with Gasteiger partial charge in [-0.3, -0.25) is 4.79 Å². The zero-order valence-corrected chi connectivity index (χ0v) is 9.67. The third-order valence-electron chi connectivity index (χ3n) is 1.87. The lowest BCUT2D eigenvalue weighted by Gasteiger charge is -2.05. The summed E-state index contributed by atoms with van der Waals surface area (Å²) in [7, 11) is 0. The molecule has 1 unspecified atom stereocenters. The van der Waals surface area contributed by atoms with Gasteiger partial charge in [-0.25, -0.2) is 0 Å². The Hall–Kier alpha value is -0.570. The molecule has 1 atom stereocenters. The maximum absolute atomic E-state index is 10.6. The SMILES string of the molecule is O=C(Cl)C(Cl)CCOCc1ccccc1. The van der Waals surface area contributed by atoms with Gasteiger partial charge in [0.2, 0.25) is 5.24 Å². The average Bonchev–Trinajstić information content (AvgIpc) is 2.25. The molecule has 0 bridgehead atoms. The van der Waals surface area contributed by atoms with Crippen molar-refractivity contribution in [1.29, 1.82) is 0 Å². The Morgan fingerprint density at radius 1 is 1.33 bits per heavy atom. The molecule has 0 aliphatic heterocycles. The number of benzene rings is 1. The Kier molecular flexibility index (Phi) is 5.69. The first-order valence-electron chi connectivity index (χ1n) is 4.65. The molecule has 0 fully saturated rings. The summed E-state index contributed by atoms with van der Waals surface area (Å²) in [5.41, 5.74) is 1.10. The van der Waals surface area contributed by atoms with Gasteiger partial charge in [0, 0.05) is 6.61 Å². The number of hydrogen-bond acceptors (Lipinski definition) is 2. The van der Waals surface area contributed by atoms with Crippen molar-refractivity contribution in [1.82, 2.24) is 0 Å². The van der Waals surface area contributed by atoms with Crippen LogP contribution in [0.3, 0.4) is 0 Å². The van der Waals surface area contributed by atoms with Gasteiger partial charge in [-0.05, 0) is 23.6 Å². The zero-order valence-electron chi connectivity index (χ0n) is 8.16. The molecule has 1 rings (SSSR count). The molecule has 1 aromatic carbocycles. The summed E-state index contributed by atoms with van der Waals surface area (Å²) in [5, 5.41) is -1.18. The van der Waals surface area contributed by atoms with E-state index in [2.05, 4.69) is 0 Å². The number of carbonyl (C=O) groups is 1. The van der Waals surface area contributed by atoms with Crippen LogP contribution in [0.2, 0.25) is 0 Å². The van der Waals surface area contributed by atoms with E-state index in [1.54, 1.807) is 0 Å². The maximum atomic E-state index is 10.6. The standard InChI is InChI=1S/C11H12Cl2O2/c12-10(11(13)14)6-7-15-8-9-4-2-1-3-5-9/h1-5,10H,6-8H2. The molecule has 0 aliphatic carbocycles. The number of rotatable bonds is 6. The van der Waals surface area contributed by atoms with E-state index < -0.39 is 10.6 Å². The minimum atomic E-state index is -0.651. The highest BCUT2D eigenvalue weighted by molar-refractivity contribution is 6.69. The third kappa shape index (κ3) is 5.17. The molecule has 0 amide bonds. The van der Waals surface area contributed by atoms with Gasteiger partial charge in [-0.15, -0.1) is 11.6 Å². The van der Waals surface area contributed by atoms with Crippen LogP contribution in [-0.2, 0) is 16.1 Å². The molecule has 0 saturated heterocycles. The number of carbonyl (C=O) groups excluding carboxylic acids is 1. The molecule has 2 nitrogen and oxygen atoms in total. The summed E-state index contributed by atoms with van der Waals surface area (Å²) in [5.74, 6) is 0. The van der Waals surface area contributed by atoms with Crippen LogP contribution in [0.15, 0.2) is 30.3 Å². The highest BCUT2D eigenvalue weighted by Crippen LogP contribution is 2.07. The van der Waals surface area contributed by atoms with E-state index in [0.717, 1.165) is 5.56 Å². The monoisotopic (exact) mass is 246 g/mol. The van der Waals surface area contributed by atoms with Crippen LogP contribution < -0.4 is 0 Å². The number of hydrogen-bond donors (Lipinski definition) is 0. The molecule has 4 heteroatoms. The van der Waals surface area contributed by atoms with Gasteiger partial charge < -0.3 is 4.74 Å². The molecule has 0 saturated carbocycles. The topological polar surface area (TPSA) is 26.3 Å². The predicted molar refractivity (Wildman–Crippen MR) is 61.2 cm³/mol. The van der Waals surface area contributed by atoms with E-state index in [1.807, 2.05) is 30.3 Å². The Morgan fingerprint density at radius 2 is 2.00 bits per heavy atom. The Labute approximate surface area is 99.1 Å². The Balaban J connectivity index is 2.15. The van der Waals surface area contributed by atoms with Crippen LogP contribution in [0.1, 0.15) is 12.0 Å². The number of ether oxygens (including phenoxy) is 1. The molecule has 0 aromatic heterocycles. The van der Waals surface area contributed by atoms with Gasteiger partial charge in [0.15, 0.2) is 0 Å². The van der Waals surface area contributed by atoms with Gasteiger partial charge in [0.1, 0.15) is 5.38 Å². The molecule has 0 spiro atoms. The van der Waals surface area contributed by atoms with Gasteiger partial charge in [-0.1, -0.05) is 30.3 Å². The summed E-state index contributed by atoms with van der Waals surface area (Å²) in [4.78, 5) is 10.6. The first kappa shape index (κ1) is 12.5. The van der Waals surface area contributed by atoms with Crippen molar-refractivity contribution in [2.45, 2.75) is 18.4 Å². The van der Waals surface area contributed by atoms with Gasteiger partial charge >= 0.3 is 0 Å². The number of halogens is 2. The molecule has 82 valence electrons. The first-order chi connectivity index (χ1) is 7.20. The van der Waals surface area contributed by atoms with E-state index in [-0.39, 0.29) is 0 Å². The quantitative estimate of drug-likeness (QED) is 0.439. The molecule has 0 aliphatic rings. The lowest BCUT2D eigenvalue weighted by atomic mass is 10.2. The molecular formula is C11H12Cl2O2. The van der Waals surface area contributed by atoms with Crippen LogP contribution in [0, 0.1) is 0 Å². The third-order valence-corrected chi connectivity index (χ3v) is 2.66. The average molecular weight is 247 g/mol. The fraction of sp³-hybridized carbons (Fsp3) is 0.364. The van der Waals surface area contributed by atoms with Crippen molar-refractivity contribution in [3.63, 3.8) is 0 Å². The van der Waals surface area contributed by atoms with Gasteiger partial charge in [0.05, 0.1) is 6.61 Å². The minimum absolute atomic E-state index is 0.432. The first-order valence-corrected chi connectivity index (χ1v) is 5.46. The maximum Gasteiger partial charge on any atom is 0.239 e. The molecule has 0 radical (unpaired) electrons. The van der Waals surface area contributed by atoms with Crippen LogP contribution >= 0.6 is 23.2 Å². The zero-order chi connectivity index (χ0) is 11.1. The van der Waals surface area contributed by atoms with E-state index in [1.165, 1.54) is 0 Å². The molecule has 0 heterocycles. The minimum Gasteiger partial charge on any atom is -0.377 e. The summed E-state index contributed by atoms with van der Waals surface area (Å²) in [6.45, 7) is 0.961. The summed E-state index contributed by atoms with van der Waals surface area (Å²) in [6.07, 6.45) is 0.441. The Morgan fingerprint density at radius 3 is 2.60 bits per heavy atom. The van der Waals surface area contributed by atoms with E-state index in [4.69, 9.17) is 27.9 Å². The van der Waals surface area contributed by atoms with E-state index >= 15 is 0 Å². The van der Waals surface area contributed by atoms with Crippen molar-refractivity contribution in [2.24, 2.45) is 0 Å². The van der Waals surface area contributed by atoms with Crippen molar-refractivity contribution in [3.8, 4) is 0 Å². The highest BCUT2D eigenvalue weighted by Gasteiger charge is 2.11. The van der Waals surface area contributed by atoms with Crippen LogP contribution in [-0.4, -0.2) is 17.2 Å². The summed E-state index contributed by atoms with van der Waals surface area (Å²) >= 11 is 10.8. The van der Waals surface area contributed by atoms with E-state index in [0.29, 0.717) is 19.6 Å². The van der Waals surface area contributed by atoms with Gasteiger partial charge in [0.25, 0.3) is 0 Å². The molecule has 15 heavy (non-hydrogen) atoms. The van der Waals surface area contributed by atoms with Crippen molar-refractivity contribution >= 4 is 28.4 Å². The predicted octanol–water partition coefficient (Wildman–Crippen LogP) is 2.97. The number of alkyl halides is 1. The van der Waals surface area contributed by atoms with Crippen LogP contribution in [0.5, 0.6) is 0 Å². The summed E-state index contributed by atoms with van der Waals surface area (Å²) in [6, 6.07) is 9.80. The normalized spacial score (nSPS) is 12.4. The largest absolute Gasteiger partial charge is 0.377 e. The summed E-state index contributed by atoms with van der Waals surface area (Å²) < 4.78 is 5.35. The second kappa shape index (κ2) is 6.83. The fourth-order valence-electron chi connectivity index (χ4n) is 1.06. The van der Waals surface area contributed by atoms with E-state index in [9.17, 15) is 4.79 Å². The smallest absolute Gasteiger partial charge is 0.239 e. The fourth-order valence-corrected chi connectivity index (χ4v) is 1.26.